The van der Waals surface area contributed by atoms with Crippen LogP contribution in [0, 0.1) is 5.92 Å². The third-order valence-electron chi connectivity index (χ3n) is 3.19. The first-order valence-electron chi connectivity index (χ1n) is 5.44. The molecule has 1 aliphatic carbocycles. The molecule has 1 saturated carbocycles. The van der Waals surface area contributed by atoms with Crippen LogP contribution in [0.25, 0.3) is 0 Å². The van der Waals surface area contributed by atoms with E-state index in [-0.39, 0.29) is 0 Å². The topological polar surface area (TPSA) is 6.48 Å². The van der Waals surface area contributed by atoms with Crippen molar-refractivity contribution in [2.75, 3.05) is 34.2 Å². The molecule has 0 aliphatic heterocycles. The number of likely N-dealkylation sites (N-methyl/N-ethyl adjacent to an activating group) is 2. The Morgan fingerprint density at radius 3 is 2.23 bits per heavy atom. The Hall–Kier alpha value is -0.0800. The van der Waals surface area contributed by atoms with Crippen LogP contribution in [0.3, 0.4) is 0 Å². The van der Waals surface area contributed by atoms with Crippen molar-refractivity contribution < 1.29 is 0 Å². The van der Waals surface area contributed by atoms with Crippen LogP contribution >= 0.6 is 0 Å². The fourth-order valence-corrected chi connectivity index (χ4v) is 2.12. The molecule has 0 aromatic heterocycles. The molecule has 0 N–H and O–H groups in total. The predicted octanol–water partition coefficient (Wildman–Crippen LogP) is 1.67. The van der Waals surface area contributed by atoms with Crippen LogP contribution in [-0.4, -0.2) is 50.1 Å². The van der Waals surface area contributed by atoms with Crippen molar-refractivity contribution in [3.05, 3.63) is 0 Å². The number of nitrogens with zero attached hydrogens (tertiary/aromatic N) is 2. The Kier molecular flexibility index (Phi) is 4.20. The monoisotopic (exact) mass is 184 g/mol. The fraction of sp³-hybridized carbons (Fsp3) is 1.00. The van der Waals surface area contributed by atoms with Crippen molar-refractivity contribution >= 4 is 0 Å². The molecule has 1 fully saturated rings. The van der Waals surface area contributed by atoms with E-state index < -0.39 is 0 Å². The third-order valence-corrected chi connectivity index (χ3v) is 3.19. The van der Waals surface area contributed by atoms with Crippen LogP contribution in [0.4, 0.5) is 0 Å². The standard InChI is InChI=1S/C11H24N2/c1-10-5-6-11(9-10)13(4)8-7-12(2)3/h10-11H,5-9H2,1-4H3/t10-,11+/m1/s1. The lowest BCUT2D eigenvalue weighted by atomic mass is 10.1. The fourth-order valence-electron chi connectivity index (χ4n) is 2.12. The van der Waals surface area contributed by atoms with E-state index >= 15 is 0 Å². The molecule has 0 spiro atoms. The highest BCUT2D eigenvalue weighted by molar-refractivity contribution is 4.79. The lowest BCUT2D eigenvalue weighted by Crippen LogP contribution is -2.35. The first kappa shape index (κ1) is 11.0. The minimum atomic E-state index is 0.856. The van der Waals surface area contributed by atoms with Crippen molar-refractivity contribution in [3.63, 3.8) is 0 Å². The summed E-state index contributed by atoms with van der Waals surface area (Å²) in [5.41, 5.74) is 0. The lowest BCUT2D eigenvalue weighted by Gasteiger charge is -2.25. The Morgan fingerprint density at radius 2 is 1.77 bits per heavy atom. The molecule has 78 valence electrons. The summed E-state index contributed by atoms with van der Waals surface area (Å²) in [4.78, 5) is 4.79. The molecule has 0 radical (unpaired) electrons. The summed E-state index contributed by atoms with van der Waals surface area (Å²) in [6, 6.07) is 0.856. The Morgan fingerprint density at radius 1 is 1.08 bits per heavy atom. The number of hydrogen-bond donors (Lipinski definition) is 0. The van der Waals surface area contributed by atoms with Crippen molar-refractivity contribution in [3.8, 4) is 0 Å². The molecule has 0 unspecified atom stereocenters. The van der Waals surface area contributed by atoms with E-state index in [1.807, 2.05) is 0 Å². The minimum Gasteiger partial charge on any atom is -0.308 e. The largest absolute Gasteiger partial charge is 0.308 e. The van der Waals surface area contributed by atoms with Crippen molar-refractivity contribution in [1.82, 2.24) is 9.80 Å². The van der Waals surface area contributed by atoms with Gasteiger partial charge in [0.1, 0.15) is 0 Å². The van der Waals surface area contributed by atoms with Gasteiger partial charge >= 0.3 is 0 Å². The summed E-state index contributed by atoms with van der Waals surface area (Å²) < 4.78 is 0. The molecule has 0 aromatic carbocycles. The Balaban J connectivity index is 2.19. The zero-order valence-corrected chi connectivity index (χ0v) is 9.58. The van der Waals surface area contributed by atoms with E-state index in [1.165, 1.54) is 32.4 Å². The van der Waals surface area contributed by atoms with Crippen LogP contribution in [0.1, 0.15) is 26.2 Å². The van der Waals surface area contributed by atoms with E-state index in [4.69, 9.17) is 0 Å². The van der Waals surface area contributed by atoms with Crippen LogP contribution in [0.2, 0.25) is 0 Å². The maximum absolute atomic E-state index is 2.53. The molecular formula is C11H24N2. The van der Waals surface area contributed by atoms with Crippen LogP contribution in [0.5, 0.6) is 0 Å². The van der Waals surface area contributed by atoms with Gasteiger partial charge in [-0.05, 0) is 46.3 Å². The van der Waals surface area contributed by atoms with Crippen molar-refractivity contribution in [2.24, 2.45) is 5.92 Å². The lowest BCUT2D eigenvalue weighted by molar-refractivity contribution is 0.216. The molecule has 0 aromatic rings. The highest BCUT2D eigenvalue weighted by atomic mass is 15.2. The summed E-state index contributed by atoms with van der Waals surface area (Å²) in [7, 11) is 6.56. The normalized spacial score (nSPS) is 29.1. The summed E-state index contributed by atoms with van der Waals surface area (Å²) in [6.45, 7) is 4.77. The zero-order valence-electron chi connectivity index (χ0n) is 9.58. The molecule has 2 heteroatoms. The van der Waals surface area contributed by atoms with Gasteiger partial charge in [-0.2, -0.15) is 0 Å². The van der Waals surface area contributed by atoms with Gasteiger partial charge in [-0.1, -0.05) is 6.92 Å². The van der Waals surface area contributed by atoms with E-state index in [1.54, 1.807) is 0 Å². The maximum Gasteiger partial charge on any atom is 0.0109 e. The van der Waals surface area contributed by atoms with E-state index in [0.717, 1.165) is 12.0 Å². The average Bonchev–Trinajstić information content (AvgIpc) is 2.47. The van der Waals surface area contributed by atoms with Gasteiger partial charge in [0.25, 0.3) is 0 Å². The second kappa shape index (κ2) is 4.97. The summed E-state index contributed by atoms with van der Waals surface area (Å²) in [5, 5.41) is 0. The quantitative estimate of drug-likeness (QED) is 0.656. The highest BCUT2D eigenvalue weighted by Crippen LogP contribution is 2.27. The Bertz CT molecular complexity index is 145. The van der Waals surface area contributed by atoms with Gasteiger partial charge in [0.2, 0.25) is 0 Å². The second-order valence-corrected chi connectivity index (χ2v) is 4.86. The Labute approximate surface area is 82.9 Å². The molecule has 2 atom stereocenters. The highest BCUT2D eigenvalue weighted by Gasteiger charge is 2.24. The third kappa shape index (κ3) is 3.65. The van der Waals surface area contributed by atoms with Crippen LogP contribution in [0.15, 0.2) is 0 Å². The van der Waals surface area contributed by atoms with Crippen LogP contribution < -0.4 is 0 Å². The molecule has 1 rings (SSSR count). The first-order valence-corrected chi connectivity index (χ1v) is 5.44. The van der Waals surface area contributed by atoms with Crippen molar-refractivity contribution in [2.45, 2.75) is 32.2 Å². The number of rotatable bonds is 4. The molecule has 2 nitrogen and oxygen atoms in total. The summed E-state index contributed by atoms with van der Waals surface area (Å²) in [6.07, 6.45) is 4.24. The number of hydrogen-bond acceptors (Lipinski definition) is 2. The van der Waals surface area contributed by atoms with Gasteiger partial charge in [-0.3, -0.25) is 0 Å². The summed E-state index contributed by atoms with van der Waals surface area (Å²) >= 11 is 0. The molecule has 0 amide bonds. The van der Waals surface area contributed by atoms with Gasteiger partial charge in [0, 0.05) is 19.1 Å². The summed E-state index contributed by atoms with van der Waals surface area (Å²) in [5.74, 6) is 0.951. The maximum atomic E-state index is 2.53. The zero-order chi connectivity index (χ0) is 9.84. The molecule has 0 bridgehead atoms. The van der Waals surface area contributed by atoms with Gasteiger partial charge in [0.05, 0.1) is 0 Å². The molecular weight excluding hydrogens is 160 g/mol. The predicted molar refractivity (Wildman–Crippen MR) is 58.0 cm³/mol. The molecule has 1 aliphatic rings. The van der Waals surface area contributed by atoms with Gasteiger partial charge in [-0.15, -0.1) is 0 Å². The van der Waals surface area contributed by atoms with E-state index in [2.05, 4.69) is 37.9 Å². The van der Waals surface area contributed by atoms with Gasteiger partial charge in [-0.25, -0.2) is 0 Å². The minimum absolute atomic E-state index is 0.856. The average molecular weight is 184 g/mol. The SMILES string of the molecule is C[C@@H]1CC[C@H](N(C)CCN(C)C)C1. The van der Waals surface area contributed by atoms with Gasteiger partial charge < -0.3 is 9.80 Å². The van der Waals surface area contributed by atoms with Crippen LogP contribution in [-0.2, 0) is 0 Å². The second-order valence-electron chi connectivity index (χ2n) is 4.86. The molecule has 13 heavy (non-hydrogen) atoms. The molecule has 0 heterocycles. The van der Waals surface area contributed by atoms with Gasteiger partial charge in [0.15, 0.2) is 0 Å². The van der Waals surface area contributed by atoms with E-state index in [9.17, 15) is 0 Å². The van der Waals surface area contributed by atoms with E-state index in [0.29, 0.717) is 0 Å². The molecule has 0 saturated heterocycles. The first-order chi connectivity index (χ1) is 6.09. The smallest absolute Gasteiger partial charge is 0.0109 e. The van der Waals surface area contributed by atoms with Crippen molar-refractivity contribution in [1.29, 1.82) is 0 Å².